The molecule has 0 bridgehead atoms. The number of hydrogen-bond acceptors (Lipinski definition) is 3. The quantitative estimate of drug-likeness (QED) is 0.385. The van der Waals surface area contributed by atoms with E-state index >= 15 is 0 Å². The van der Waals surface area contributed by atoms with Crippen molar-refractivity contribution in [2.75, 3.05) is 13.2 Å². The third kappa shape index (κ3) is 3.85. The van der Waals surface area contributed by atoms with Crippen molar-refractivity contribution in [3.8, 4) is 0 Å². The predicted molar refractivity (Wildman–Crippen MR) is 142 cm³/mol. The molecule has 0 radical (unpaired) electrons. The Morgan fingerprint density at radius 3 is 2.38 bits per heavy atom. The maximum absolute atomic E-state index is 7.70. The number of ether oxygens (including phenoxy) is 1. The van der Waals surface area contributed by atoms with Crippen molar-refractivity contribution >= 4 is 0 Å². The Kier molecular flexibility index (Phi) is 7.24. The van der Waals surface area contributed by atoms with E-state index in [9.17, 15) is 0 Å². The first-order valence-corrected chi connectivity index (χ1v) is 15.4. The van der Waals surface area contributed by atoms with Crippen LogP contribution in [0, 0.1) is 40.4 Å². The highest BCUT2D eigenvalue weighted by Gasteiger charge is 2.72. The highest BCUT2D eigenvalue weighted by Crippen LogP contribution is 2.70. The fourth-order valence-electron chi connectivity index (χ4n) is 10.9. The summed E-state index contributed by atoms with van der Waals surface area (Å²) in [5, 5.41) is 0. The van der Waals surface area contributed by atoms with Crippen LogP contribution in [0.25, 0.3) is 0 Å². The Morgan fingerprint density at radius 1 is 0.853 bits per heavy atom. The molecule has 34 heavy (non-hydrogen) atoms. The van der Waals surface area contributed by atoms with E-state index in [0.717, 1.165) is 43.3 Å². The lowest BCUT2D eigenvalue weighted by Crippen LogP contribution is -2.83. The summed E-state index contributed by atoms with van der Waals surface area (Å²) in [6, 6.07) is 0. The first-order chi connectivity index (χ1) is 16.3. The fraction of sp³-hybridized carbons (Fsp3) is 1.00. The molecule has 196 valence electrons. The number of fused-ring (bicyclic) bond motifs is 5. The van der Waals surface area contributed by atoms with Gasteiger partial charge in [-0.2, -0.15) is 0 Å². The molecular weight excluding hydrogens is 416 g/mol. The number of rotatable bonds is 7. The van der Waals surface area contributed by atoms with Crippen LogP contribution in [0.4, 0.5) is 0 Å². The number of nitrogens with two attached hydrogens (primary N) is 2. The van der Waals surface area contributed by atoms with Gasteiger partial charge in [0.15, 0.2) is 0 Å². The molecule has 0 aromatic heterocycles. The molecule has 0 amide bonds. The predicted octanol–water partition coefficient (Wildman–Crippen LogP) is 7.21. The minimum atomic E-state index is -0.185. The summed E-state index contributed by atoms with van der Waals surface area (Å²) in [5.74, 6) is 3.79. The van der Waals surface area contributed by atoms with Crippen molar-refractivity contribution in [2.45, 2.75) is 141 Å². The second-order valence-electron chi connectivity index (χ2n) is 14.2. The summed E-state index contributed by atoms with van der Waals surface area (Å²) in [7, 11) is 0. The zero-order chi connectivity index (χ0) is 24.0. The molecule has 3 heteroatoms. The summed E-state index contributed by atoms with van der Waals surface area (Å²) >= 11 is 0. The molecule has 6 unspecified atom stereocenters. The van der Waals surface area contributed by atoms with E-state index in [2.05, 4.69) is 20.8 Å². The molecule has 5 aliphatic carbocycles. The van der Waals surface area contributed by atoms with Gasteiger partial charge in [0.05, 0.1) is 0 Å². The molecule has 5 rings (SSSR count). The molecule has 5 fully saturated rings. The van der Waals surface area contributed by atoms with Crippen molar-refractivity contribution in [1.82, 2.24) is 0 Å². The van der Waals surface area contributed by atoms with Crippen LogP contribution in [-0.2, 0) is 4.74 Å². The molecule has 8 atom stereocenters. The van der Waals surface area contributed by atoms with Gasteiger partial charge in [-0.1, -0.05) is 59.3 Å². The van der Waals surface area contributed by atoms with E-state index < -0.39 is 0 Å². The van der Waals surface area contributed by atoms with Crippen molar-refractivity contribution < 1.29 is 4.74 Å². The Morgan fingerprint density at radius 2 is 1.62 bits per heavy atom. The third-order valence-corrected chi connectivity index (χ3v) is 13.0. The summed E-state index contributed by atoms with van der Waals surface area (Å²) in [5.41, 5.74) is 15.6. The Balaban J connectivity index is 1.26. The highest BCUT2D eigenvalue weighted by molar-refractivity contribution is 5.28. The van der Waals surface area contributed by atoms with Crippen LogP contribution >= 0.6 is 0 Å². The van der Waals surface area contributed by atoms with E-state index in [-0.39, 0.29) is 16.5 Å². The Bertz CT molecular complexity index is 706. The average Bonchev–Trinajstić information content (AvgIpc) is 3.18. The maximum atomic E-state index is 7.70. The zero-order valence-electron chi connectivity index (χ0n) is 22.9. The van der Waals surface area contributed by atoms with Gasteiger partial charge in [0.25, 0.3) is 0 Å². The Hall–Kier alpha value is -0.120. The van der Waals surface area contributed by atoms with Gasteiger partial charge < -0.3 is 16.2 Å². The van der Waals surface area contributed by atoms with Crippen LogP contribution in [0.3, 0.4) is 0 Å². The topological polar surface area (TPSA) is 61.3 Å². The van der Waals surface area contributed by atoms with Crippen LogP contribution in [0.1, 0.15) is 130 Å². The normalized spacial score (nSPS) is 49.3. The van der Waals surface area contributed by atoms with Gasteiger partial charge >= 0.3 is 0 Å². The summed E-state index contributed by atoms with van der Waals surface area (Å²) in [6.07, 6.45) is 22.6. The molecule has 4 N–H and O–H groups in total. The lowest BCUT2D eigenvalue weighted by atomic mass is 9.37. The average molecular weight is 473 g/mol. The van der Waals surface area contributed by atoms with Crippen molar-refractivity contribution in [1.29, 1.82) is 0 Å². The first kappa shape index (κ1) is 25.5. The van der Waals surface area contributed by atoms with E-state index in [0.29, 0.717) is 11.3 Å². The summed E-state index contributed by atoms with van der Waals surface area (Å²) < 4.78 is 6.18. The highest BCUT2D eigenvalue weighted by atomic mass is 16.5. The van der Waals surface area contributed by atoms with Gasteiger partial charge in [-0.3, -0.25) is 0 Å². The molecule has 0 aliphatic heterocycles. The van der Waals surface area contributed by atoms with Gasteiger partial charge in [-0.15, -0.1) is 0 Å². The first-order valence-electron chi connectivity index (χ1n) is 15.4. The van der Waals surface area contributed by atoms with Crippen LogP contribution in [0.15, 0.2) is 0 Å². The van der Waals surface area contributed by atoms with Gasteiger partial charge in [-0.25, -0.2) is 0 Å². The Labute approximate surface area is 210 Å². The molecule has 0 spiro atoms. The lowest BCUT2D eigenvalue weighted by molar-refractivity contribution is -0.165. The smallest absolute Gasteiger partial charge is 0.0494 e. The summed E-state index contributed by atoms with van der Waals surface area (Å²) in [6.45, 7) is 9.56. The minimum Gasteiger partial charge on any atom is -0.381 e. The minimum absolute atomic E-state index is 0.182. The van der Waals surface area contributed by atoms with Gasteiger partial charge in [0.2, 0.25) is 0 Å². The van der Waals surface area contributed by atoms with Crippen molar-refractivity contribution in [3.63, 3.8) is 0 Å². The molecule has 0 aromatic rings. The van der Waals surface area contributed by atoms with E-state index in [1.807, 2.05) is 0 Å². The SMILES string of the molecule is CC[C@H]1CC2(N)C3CCC(CCCOCC4CCCCC4)C3(C)CC[C@]2(N)C2(C)CCCCC12. The van der Waals surface area contributed by atoms with Crippen LogP contribution in [0.2, 0.25) is 0 Å². The second kappa shape index (κ2) is 9.64. The van der Waals surface area contributed by atoms with Crippen LogP contribution < -0.4 is 11.5 Å². The standard InChI is InChI=1S/C31H56N2O/c1-4-24-21-30(32)27-16-15-25(13-10-20-34-22-23-11-6-5-7-12-23)28(27,2)18-19-31(30,33)29(3)17-9-8-14-26(24)29/h23-27H,4-22,32-33H2,1-3H3/t24-,25?,26?,27?,28?,29?,30?,31-/m0/s1. The van der Waals surface area contributed by atoms with Gasteiger partial charge in [0, 0.05) is 24.3 Å². The van der Waals surface area contributed by atoms with E-state index in [4.69, 9.17) is 16.2 Å². The van der Waals surface area contributed by atoms with Crippen LogP contribution in [0.5, 0.6) is 0 Å². The van der Waals surface area contributed by atoms with Gasteiger partial charge in [-0.05, 0) is 111 Å². The van der Waals surface area contributed by atoms with E-state index in [1.54, 1.807) is 0 Å². The molecule has 5 saturated carbocycles. The van der Waals surface area contributed by atoms with Crippen molar-refractivity contribution in [2.24, 2.45) is 51.9 Å². The van der Waals surface area contributed by atoms with E-state index in [1.165, 1.54) is 103 Å². The van der Waals surface area contributed by atoms with Crippen LogP contribution in [-0.4, -0.2) is 24.3 Å². The maximum Gasteiger partial charge on any atom is 0.0494 e. The van der Waals surface area contributed by atoms with Gasteiger partial charge in [0.1, 0.15) is 0 Å². The lowest BCUT2D eigenvalue weighted by Gasteiger charge is -2.72. The molecule has 3 nitrogen and oxygen atoms in total. The molecular formula is C31H56N2O. The summed E-state index contributed by atoms with van der Waals surface area (Å²) in [4.78, 5) is 0. The second-order valence-corrected chi connectivity index (χ2v) is 14.2. The third-order valence-electron chi connectivity index (χ3n) is 13.0. The fourth-order valence-corrected chi connectivity index (χ4v) is 10.9. The number of hydrogen-bond donors (Lipinski definition) is 2. The monoisotopic (exact) mass is 472 g/mol. The largest absolute Gasteiger partial charge is 0.381 e. The molecule has 0 aromatic carbocycles. The zero-order valence-corrected chi connectivity index (χ0v) is 22.9. The van der Waals surface area contributed by atoms with Crippen molar-refractivity contribution in [3.05, 3.63) is 0 Å². The molecule has 5 aliphatic rings. The molecule has 0 heterocycles. The molecule has 0 saturated heterocycles.